The highest BCUT2D eigenvalue weighted by Gasteiger charge is 2.15. The highest BCUT2D eigenvalue weighted by atomic mass is 16.3. The summed E-state index contributed by atoms with van der Waals surface area (Å²) in [5, 5.41) is 20.2. The van der Waals surface area contributed by atoms with E-state index in [0.717, 1.165) is 59.6 Å². The van der Waals surface area contributed by atoms with Gasteiger partial charge in [0.1, 0.15) is 23.9 Å². The van der Waals surface area contributed by atoms with Gasteiger partial charge >= 0.3 is 0 Å². The molecule has 2 unspecified atom stereocenters. The smallest absolute Gasteiger partial charge is 0.138 e. The van der Waals surface area contributed by atoms with Crippen LogP contribution in [0.5, 0.6) is 0 Å². The average Bonchev–Trinajstić information content (AvgIpc) is 3.34. The molecule has 2 aromatic carbocycles. The quantitative estimate of drug-likeness (QED) is 0.304. The number of hydrogen-bond acceptors (Lipinski definition) is 4. The van der Waals surface area contributed by atoms with Gasteiger partial charge < -0.3 is 19.3 Å². The zero-order chi connectivity index (χ0) is 22.5. The molecule has 4 rings (SSSR count). The Balaban J connectivity index is 1.23. The van der Waals surface area contributed by atoms with Crippen LogP contribution in [0.2, 0.25) is 0 Å². The second-order valence-corrected chi connectivity index (χ2v) is 8.69. The van der Waals surface area contributed by atoms with E-state index in [0.29, 0.717) is 0 Å². The maximum absolute atomic E-state index is 10.1. The highest BCUT2D eigenvalue weighted by Crippen LogP contribution is 2.23. The fraction of sp³-hybridized carbons (Fsp3) is 0.462. The molecule has 0 aliphatic rings. The van der Waals surface area contributed by atoms with Gasteiger partial charge in [0.05, 0.1) is 22.1 Å². The zero-order valence-electron chi connectivity index (χ0n) is 19.1. The van der Waals surface area contributed by atoms with Gasteiger partial charge in [0, 0.05) is 13.1 Å². The molecule has 32 heavy (non-hydrogen) atoms. The number of hydrogen-bond donors (Lipinski definition) is 2. The predicted molar refractivity (Wildman–Crippen MR) is 128 cm³/mol. The van der Waals surface area contributed by atoms with Crippen molar-refractivity contribution < 1.29 is 10.2 Å². The number of aliphatic hydroxyl groups excluding tert-OH is 2. The summed E-state index contributed by atoms with van der Waals surface area (Å²) in [5.74, 6) is 1.51. The van der Waals surface area contributed by atoms with Crippen LogP contribution in [0.1, 0.15) is 76.2 Å². The van der Waals surface area contributed by atoms with Crippen molar-refractivity contribution in [1.29, 1.82) is 0 Å². The Bertz CT molecular complexity index is 1070. The molecule has 2 heterocycles. The molecule has 2 atom stereocenters. The molecule has 4 aromatic rings. The molecule has 0 aliphatic heterocycles. The molecule has 0 saturated heterocycles. The Hall–Kier alpha value is -2.70. The molecule has 0 radical (unpaired) electrons. The maximum Gasteiger partial charge on any atom is 0.138 e. The third-order valence-corrected chi connectivity index (χ3v) is 6.13. The molecule has 2 aromatic heterocycles. The second kappa shape index (κ2) is 10.3. The number of fused-ring (bicyclic) bond motifs is 2. The first kappa shape index (κ1) is 22.5. The van der Waals surface area contributed by atoms with Gasteiger partial charge in [-0.15, -0.1) is 0 Å². The van der Waals surface area contributed by atoms with Crippen LogP contribution in [0.25, 0.3) is 22.1 Å². The molecule has 6 heteroatoms. The molecular weight excluding hydrogens is 400 g/mol. The summed E-state index contributed by atoms with van der Waals surface area (Å²) in [6.07, 6.45) is 5.77. The van der Waals surface area contributed by atoms with Crippen molar-refractivity contribution in [3.63, 3.8) is 0 Å². The number of para-hydroxylation sites is 4. The summed E-state index contributed by atoms with van der Waals surface area (Å²) < 4.78 is 4.34. The molecule has 0 amide bonds. The summed E-state index contributed by atoms with van der Waals surface area (Å²) in [6, 6.07) is 16.2. The monoisotopic (exact) mass is 434 g/mol. The van der Waals surface area contributed by atoms with Gasteiger partial charge in [0.25, 0.3) is 0 Å². The normalized spacial score (nSPS) is 13.8. The zero-order valence-corrected chi connectivity index (χ0v) is 19.1. The van der Waals surface area contributed by atoms with E-state index in [1.54, 1.807) is 13.8 Å². The van der Waals surface area contributed by atoms with Crippen molar-refractivity contribution in [2.24, 2.45) is 0 Å². The second-order valence-electron chi connectivity index (χ2n) is 8.69. The van der Waals surface area contributed by atoms with Crippen LogP contribution in [0, 0.1) is 0 Å². The van der Waals surface area contributed by atoms with Crippen molar-refractivity contribution >= 4 is 22.1 Å². The van der Waals surface area contributed by atoms with Gasteiger partial charge in [0.2, 0.25) is 0 Å². The number of aliphatic hydroxyl groups is 2. The molecule has 2 N–H and O–H groups in total. The average molecular weight is 435 g/mol. The number of aromatic nitrogens is 4. The van der Waals surface area contributed by atoms with Crippen molar-refractivity contribution in [2.75, 3.05) is 0 Å². The van der Waals surface area contributed by atoms with E-state index in [1.165, 1.54) is 25.7 Å². The van der Waals surface area contributed by atoms with Crippen LogP contribution in [0.3, 0.4) is 0 Å². The predicted octanol–water partition coefficient (Wildman–Crippen LogP) is 5.53. The van der Waals surface area contributed by atoms with E-state index < -0.39 is 12.2 Å². The molecule has 0 fully saturated rings. The largest absolute Gasteiger partial charge is 0.385 e. The SMILES string of the molecule is CC(O)c1nc2ccccc2n1CCCCCCCCn1c(C(C)O)nc2ccccc21. The van der Waals surface area contributed by atoms with Crippen LogP contribution in [-0.2, 0) is 13.1 Å². The minimum absolute atomic E-state index is 0.562. The van der Waals surface area contributed by atoms with Crippen molar-refractivity contribution in [3.05, 3.63) is 60.2 Å². The molecule has 0 spiro atoms. The first-order valence-corrected chi connectivity index (χ1v) is 11.8. The van der Waals surface area contributed by atoms with Gasteiger partial charge in [0.15, 0.2) is 0 Å². The molecule has 170 valence electrons. The van der Waals surface area contributed by atoms with Crippen LogP contribution in [-0.4, -0.2) is 29.3 Å². The van der Waals surface area contributed by atoms with E-state index in [4.69, 9.17) is 0 Å². The molecule has 0 aliphatic carbocycles. The Morgan fingerprint density at radius 2 is 1.00 bits per heavy atom. The van der Waals surface area contributed by atoms with Gasteiger partial charge in [-0.1, -0.05) is 49.9 Å². The lowest BCUT2D eigenvalue weighted by molar-refractivity contribution is 0.183. The lowest BCUT2D eigenvalue weighted by atomic mass is 10.1. The lowest BCUT2D eigenvalue weighted by Crippen LogP contribution is -2.07. The maximum atomic E-state index is 10.1. The van der Waals surface area contributed by atoms with Crippen molar-refractivity contribution in [3.8, 4) is 0 Å². The molecular formula is C26H34N4O2. The van der Waals surface area contributed by atoms with E-state index in [2.05, 4.69) is 31.2 Å². The fourth-order valence-electron chi connectivity index (χ4n) is 4.54. The Kier molecular flexibility index (Phi) is 7.22. The van der Waals surface area contributed by atoms with Gasteiger partial charge in [-0.2, -0.15) is 0 Å². The third kappa shape index (κ3) is 4.87. The van der Waals surface area contributed by atoms with E-state index in [-0.39, 0.29) is 0 Å². The van der Waals surface area contributed by atoms with E-state index in [1.807, 2.05) is 36.4 Å². The Morgan fingerprint density at radius 1 is 0.625 bits per heavy atom. The third-order valence-electron chi connectivity index (χ3n) is 6.13. The van der Waals surface area contributed by atoms with Crippen LogP contribution >= 0.6 is 0 Å². The number of benzene rings is 2. The minimum Gasteiger partial charge on any atom is -0.385 e. The summed E-state index contributed by atoms with van der Waals surface area (Å²) in [7, 11) is 0. The lowest BCUT2D eigenvalue weighted by Gasteiger charge is -2.12. The standard InChI is InChI=1S/C26H34N4O2/c1-19(31)25-27-21-13-7-9-15-23(21)29(25)17-11-5-3-4-6-12-18-30-24-16-10-8-14-22(24)28-26(30)20(2)32/h7-10,13-16,19-20,31-32H,3-6,11-12,17-18H2,1-2H3. The van der Waals surface area contributed by atoms with Gasteiger partial charge in [-0.3, -0.25) is 0 Å². The highest BCUT2D eigenvalue weighted by molar-refractivity contribution is 5.76. The van der Waals surface area contributed by atoms with E-state index in [9.17, 15) is 10.2 Å². The van der Waals surface area contributed by atoms with Crippen molar-refractivity contribution in [2.45, 2.75) is 77.7 Å². The van der Waals surface area contributed by atoms with Gasteiger partial charge in [-0.05, 0) is 51.0 Å². The Labute approximate surface area is 189 Å². The van der Waals surface area contributed by atoms with Gasteiger partial charge in [-0.25, -0.2) is 9.97 Å². The Morgan fingerprint density at radius 3 is 1.41 bits per heavy atom. The first-order valence-electron chi connectivity index (χ1n) is 11.8. The molecule has 0 saturated carbocycles. The molecule has 6 nitrogen and oxygen atoms in total. The summed E-state index contributed by atoms with van der Waals surface area (Å²) in [6.45, 7) is 5.34. The number of rotatable bonds is 11. The minimum atomic E-state index is -0.562. The van der Waals surface area contributed by atoms with E-state index >= 15 is 0 Å². The number of imidazole rings is 2. The van der Waals surface area contributed by atoms with Crippen LogP contribution in [0.15, 0.2) is 48.5 Å². The topological polar surface area (TPSA) is 76.1 Å². The summed E-state index contributed by atoms with van der Waals surface area (Å²) >= 11 is 0. The number of unbranched alkanes of at least 4 members (excludes halogenated alkanes) is 5. The number of aryl methyl sites for hydroxylation is 2. The van der Waals surface area contributed by atoms with Crippen molar-refractivity contribution in [1.82, 2.24) is 19.1 Å². The molecule has 0 bridgehead atoms. The first-order chi connectivity index (χ1) is 15.6. The summed E-state index contributed by atoms with van der Waals surface area (Å²) in [5.41, 5.74) is 4.11. The van der Waals surface area contributed by atoms with Crippen LogP contribution in [0.4, 0.5) is 0 Å². The summed E-state index contributed by atoms with van der Waals surface area (Å²) in [4.78, 5) is 9.21. The number of nitrogens with zero attached hydrogens (tertiary/aromatic N) is 4. The fourth-order valence-corrected chi connectivity index (χ4v) is 4.54. The van der Waals surface area contributed by atoms with Crippen LogP contribution < -0.4 is 0 Å².